The van der Waals surface area contributed by atoms with Crippen LogP contribution in [0.5, 0.6) is 11.5 Å². The second-order valence-electron chi connectivity index (χ2n) is 8.25. The Hall–Kier alpha value is -3.87. The highest BCUT2D eigenvalue weighted by atomic mass is 16.7. The number of amides is 1. The van der Waals surface area contributed by atoms with Crippen molar-refractivity contribution in [3.8, 4) is 11.5 Å². The van der Waals surface area contributed by atoms with Crippen molar-refractivity contribution >= 4 is 34.5 Å². The SMILES string of the molecule is O=C(COC(=O)/C=C\c1cccc2cccnc12)Nc1ccc2c(c1)OC1(CCCCC1)O2. The maximum absolute atomic E-state index is 12.3. The molecule has 168 valence electrons. The zero-order valence-electron chi connectivity index (χ0n) is 18.1. The number of benzene rings is 2. The summed E-state index contributed by atoms with van der Waals surface area (Å²) < 4.78 is 17.2. The van der Waals surface area contributed by atoms with Gasteiger partial charge in [-0.2, -0.15) is 0 Å². The van der Waals surface area contributed by atoms with Crippen molar-refractivity contribution in [2.75, 3.05) is 11.9 Å². The summed E-state index contributed by atoms with van der Waals surface area (Å²) in [5.74, 6) is -0.296. The molecule has 2 aromatic carbocycles. The smallest absolute Gasteiger partial charge is 0.331 e. The minimum atomic E-state index is -0.608. The summed E-state index contributed by atoms with van der Waals surface area (Å²) in [5, 5.41) is 3.71. The molecule has 1 N–H and O–H groups in total. The number of fused-ring (bicyclic) bond motifs is 2. The lowest BCUT2D eigenvalue weighted by molar-refractivity contribution is -0.142. The van der Waals surface area contributed by atoms with E-state index >= 15 is 0 Å². The van der Waals surface area contributed by atoms with E-state index in [2.05, 4.69) is 10.3 Å². The number of anilines is 1. The highest BCUT2D eigenvalue weighted by molar-refractivity contribution is 5.96. The molecule has 33 heavy (non-hydrogen) atoms. The van der Waals surface area contributed by atoms with E-state index in [1.54, 1.807) is 30.5 Å². The summed E-state index contributed by atoms with van der Waals surface area (Å²) in [6, 6.07) is 14.8. The summed E-state index contributed by atoms with van der Waals surface area (Å²) >= 11 is 0. The fraction of sp³-hybridized carbons (Fsp3) is 0.269. The number of rotatable bonds is 5. The molecule has 1 spiro atoms. The lowest BCUT2D eigenvalue weighted by atomic mass is 9.94. The van der Waals surface area contributed by atoms with Crippen LogP contribution >= 0.6 is 0 Å². The van der Waals surface area contributed by atoms with Crippen molar-refractivity contribution in [3.05, 3.63) is 66.4 Å². The van der Waals surface area contributed by atoms with Crippen LogP contribution in [0.25, 0.3) is 17.0 Å². The van der Waals surface area contributed by atoms with E-state index < -0.39 is 24.3 Å². The molecule has 3 aromatic rings. The summed E-state index contributed by atoms with van der Waals surface area (Å²) in [4.78, 5) is 28.7. The summed E-state index contributed by atoms with van der Waals surface area (Å²) in [6.07, 6.45) is 9.70. The molecule has 5 rings (SSSR count). The molecule has 7 heteroatoms. The molecule has 1 fully saturated rings. The molecule has 1 amide bonds. The minimum Gasteiger partial charge on any atom is -0.452 e. The van der Waals surface area contributed by atoms with Gasteiger partial charge < -0.3 is 19.5 Å². The first-order valence-corrected chi connectivity index (χ1v) is 11.1. The molecule has 0 atom stereocenters. The van der Waals surface area contributed by atoms with E-state index in [-0.39, 0.29) is 0 Å². The average molecular weight is 444 g/mol. The van der Waals surface area contributed by atoms with E-state index in [1.807, 2.05) is 30.3 Å². The van der Waals surface area contributed by atoms with E-state index in [1.165, 1.54) is 12.5 Å². The number of nitrogens with one attached hydrogen (secondary N) is 1. The largest absolute Gasteiger partial charge is 0.452 e. The number of ether oxygens (including phenoxy) is 3. The molecule has 1 aromatic heterocycles. The molecule has 0 bridgehead atoms. The Morgan fingerprint density at radius 2 is 1.85 bits per heavy atom. The lowest BCUT2D eigenvalue weighted by Gasteiger charge is -2.31. The molecular formula is C26H24N2O5. The third kappa shape index (κ3) is 4.67. The molecule has 0 unspecified atom stereocenters. The molecule has 7 nitrogen and oxygen atoms in total. The average Bonchev–Trinajstić information content (AvgIpc) is 3.18. The van der Waals surface area contributed by atoms with E-state index in [0.29, 0.717) is 17.2 Å². The topological polar surface area (TPSA) is 86.8 Å². The standard InChI is InChI=1S/C26H24N2O5/c29-23(17-31-24(30)12-9-19-7-4-6-18-8-5-15-27-25(18)19)28-20-10-11-21-22(16-20)33-26(32-21)13-2-1-3-14-26/h4-12,15-16H,1-3,13-14,17H2,(H,28,29)/b12-9-. The van der Waals surface area contributed by atoms with Gasteiger partial charge in [-0.05, 0) is 37.1 Å². The van der Waals surface area contributed by atoms with Crippen LogP contribution in [0.2, 0.25) is 0 Å². The molecular weight excluding hydrogens is 420 g/mol. The lowest BCUT2D eigenvalue weighted by Crippen LogP contribution is -2.40. The molecule has 1 saturated carbocycles. The number of hydrogen-bond donors (Lipinski definition) is 1. The van der Waals surface area contributed by atoms with Gasteiger partial charge in [0.15, 0.2) is 18.1 Å². The van der Waals surface area contributed by atoms with Gasteiger partial charge in [0.25, 0.3) is 11.7 Å². The van der Waals surface area contributed by atoms with Gasteiger partial charge in [0.1, 0.15) is 0 Å². The van der Waals surface area contributed by atoms with Crippen LogP contribution in [0.15, 0.2) is 60.8 Å². The number of pyridine rings is 1. The van der Waals surface area contributed by atoms with Crippen molar-refractivity contribution in [1.82, 2.24) is 4.98 Å². The Bertz CT molecular complexity index is 1230. The highest BCUT2D eigenvalue weighted by Crippen LogP contribution is 2.46. The molecule has 1 aliphatic heterocycles. The van der Waals surface area contributed by atoms with Crippen molar-refractivity contribution in [3.63, 3.8) is 0 Å². The van der Waals surface area contributed by atoms with Crippen LogP contribution in [-0.4, -0.2) is 29.3 Å². The van der Waals surface area contributed by atoms with Gasteiger partial charge in [0.2, 0.25) is 0 Å². The van der Waals surface area contributed by atoms with Crippen LogP contribution in [0.1, 0.15) is 37.7 Å². The van der Waals surface area contributed by atoms with E-state index in [4.69, 9.17) is 14.2 Å². The number of para-hydroxylation sites is 1. The maximum Gasteiger partial charge on any atom is 0.331 e. The van der Waals surface area contributed by atoms with Gasteiger partial charge in [-0.3, -0.25) is 9.78 Å². The van der Waals surface area contributed by atoms with E-state index in [9.17, 15) is 9.59 Å². The Labute approximate surface area is 191 Å². The summed E-state index contributed by atoms with van der Waals surface area (Å²) in [7, 11) is 0. The van der Waals surface area contributed by atoms with Crippen LogP contribution in [0, 0.1) is 0 Å². The molecule has 0 saturated heterocycles. The summed E-state index contributed by atoms with van der Waals surface area (Å²) in [5.41, 5.74) is 2.15. The monoisotopic (exact) mass is 444 g/mol. The van der Waals surface area contributed by atoms with Crippen molar-refractivity contribution < 1.29 is 23.8 Å². The molecule has 0 radical (unpaired) electrons. The summed E-state index contributed by atoms with van der Waals surface area (Å²) in [6.45, 7) is -0.394. The Kier molecular flexibility index (Phi) is 5.69. The van der Waals surface area contributed by atoms with Crippen molar-refractivity contribution in [2.24, 2.45) is 0 Å². The first-order valence-electron chi connectivity index (χ1n) is 11.1. The Morgan fingerprint density at radius 3 is 2.73 bits per heavy atom. The first-order chi connectivity index (χ1) is 16.1. The molecule has 2 aliphatic rings. The fourth-order valence-corrected chi connectivity index (χ4v) is 4.27. The quantitative estimate of drug-likeness (QED) is 0.447. The Balaban J connectivity index is 1.15. The van der Waals surface area contributed by atoms with Crippen molar-refractivity contribution in [1.29, 1.82) is 0 Å². The van der Waals surface area contributed by atoms with Crippen molar-refractivity contribution in [2.45, 2.75) is 37.9 Å². The normalized spacial score (nSPS) is 16.2. The predicted octanol–water partition coefficient (Wildman–Crippen LogP) is 4.86. The third-order valence-electron chi connectivity index (χ3n) is 5.84. The zero-order chi connectivity index (χ0) is 22.7. The Morgan fingerprint density at radius 1 is 1.03 bits per heavy atom. The van der Waals surface area contributed by atoms with Crippen LogP contribution in [-0.2, 0) is 14.3 Å². The van der Waals surface area contributed by atoms with Gasteiger partial charge in [-0.1, -0.05) is 30.7 Å². The third-order valence-corrected chi connectivity index (χ3v) is 5.84. The van der Waals surface area contributed by atoms with Gasteiger partial charge in [0, 0.05) is 47.8 Å². The first kappa shape index (κ1) is 21.0. The van der Waals surface area contributed by atoms with Gasteiger partial charge >= 0.3 is 5.97 Å². The molecule has 1 aliphatic carbocycles. The minimum absolute atomic E-state index is 0.394. The maximum atomic E-state index is 12.3. The number of hydrogen-bond acceptors (Lipinski definition) is 6. The number of carbonyl (C=O) groups excluding carboxylic acids is 2. The number of carbonyl (C=O) groups is 2. The number of esters is 1. The highest BCUT2D eigenvalue weighted by Gasteiger charge is 2.42. The number of aromatic nitrogens is 1. The second kappa shape index (κ2) is 8.94. The van der Waals surface area contributed by atoms with Crippen LogP contribution < -0.4 is 14.8 Å². The fourth-order valence-electron chi connectivity index (χ4n) is 4.27. The molecule has 2 heterocycles. The van der Waals surface area contributed by atoms with Gasteiger partial charge in [-0.15, -0.1) is 0 Å². The number of nitrogens with zero attached hydrogens (tertiary/aromatic N) is 1. The van der Waals surface area contributed by atoms with Gasteiger partial charge in [0.05, 0.1) is 5.52 Å². The second-order valence-corrected chi connectivity index (χ2v) is 8.25. The van der Waals surface area contributed by atoms with Crippen LogP contribution in [0.3, 0.4) is 0 Å². The van der Waals surface area contributed by atoms with Crippen LogP contribution in [0.4, 0.5) is 5.69 Å². The zero-order valence-corrected chi connectivity index (χ0v) is 18.1. The predicted molar refractivity (Wildman–Crippen MR) is 124 cm³/mol. The van der Waals surface area contributed by atoms with Gasteiger partial charge in [-0.25, -0.2) is 4.79 Å². The van der Waals surface area contributed by atoms with E-state index in [0.717, 1.165) is 42.1 Å².